The van der Waals surface area contributed by atoms with Crippen LogP contribution >= 0.6 is 23.4 Å². The molecular weight excluding hydrogens is 386 g/mol. The van der Waals surface area contributed by atoms with Crippen molar-refractivity contribution in [1.82, 2.24) is 24.7 Å². The number of amides is 1. The summed E-state index contributed by atoms with van der Waals surface area (Å²) in [6.45, 7) is 7.48. The minimum Gasteiger partial charge on any atom is -0.334 e. The van der Waals surface area contributed by atoms with Crippen LogP contribution in [-0.2, 0) is 4.79 Å². The van der Waals surface area contributed by atoms with E-state index in [0.29, 0.717) is 21.8 Å². The molecule has 10 heteroatoms. The maximum Gasteiger partial charge on any atom is 0.271 e. The molecule has 2 heterocycles. The summed E-state index contributed by atoms with van der Waals surface area (Å²) in [5.74, 6) is 6.33. The van der Waals surface area contributed by atoms with Crippen LogP contribution in [0.3, 0.4) is 0 Å². The average molecular weight is 406 g/mol. The van der Waals surface area contributed by atoms with Crippen molar-refractivity contribution in [1.29, 1.82) is 0 Å². The van der Waals surface area contributed by atoms with Crippen LogP contribution in [0, 0.1) is 20.8 Å². The van der Waals surface area contributed by atoms with Gasteiger partial charge in [0.25, 0.3) is 5.95 Å². The summed E-state index contributed by atoms with van der Waals surface area (Å²) in [6, 6.07) is 7.28. The molecule has 0 spiro atoms. The van der Waals surface area contributed by atoms with E-state index < -0.39 is 5.25 Å². The van der Waals surface area contributed by atoms with Gasteiger partial charge in [0.05, 0.1) is 10.9 Å². The van der Waals surface area contributed by atoms with E-state index in [1.807, 2.05) is 32.9 Å². The van der Waals surface area contributed by atoms with E-state index in [1.165, 1.54) is 16.4 Å². The number of nitrogens with zero attached hydrogens (tertiary/aromatic N) is 5. The first-order valence-corrected chi connectivity index (χ1v) is 9.50. The minimum atomic E-state index is -0.441. The largest absolute Gasteiger partial charge is 0.334 e. The van der Waals surface area contributed by atoms with Gasteiger partial charge in [-0.3, -0.25) is 4.79 Å². The number of benzene rings is 1. The maximum atomic E-state index is 12.5. The van der Waals surface area contributed by atoms with E-state index in [2.05, 4.69) is 20.6 Å². The van der Waals surface area contributed by atoms with Gasteiger partial charge in [-0.2, -0.15) is 5.10 Å². The molecule has 0 bridgehead atoms. The maximum absolute atomic E-state index is 12.5. The number of aryl methyl sites for hydroxylation is 3. The van der Waals surface area contributed by atoms with Gasteiger partial charge in [-0.05, 0) is 51.5 Å². The fourth-order valence-electron chi connectivity index (χ4n) is 2.50. The fourth-order valence-corrected chi connectivity index (χ4v) is 3.44. The highest BCUT2D eigenvalue weighted by Gasteiger charge is 2.21. The number of aromatic nitrogens is 5. The first kappa shape index (κ1) is 19.2. The Morgan fingerprint density at radius 1 is 1.26 bits per heavy atom. The zero-order valence-corrected chi connectivity index (χ0v) is 17.0. The van der Waals surface area contributed by atoms with E-state index in [9.17, 15) is 4.79 Å². The van der Waals surface area contributed by atoms with Gasteiger partial charge in [0, 0.05) is 16.4 Å². The van der Waals surface area contributed by atoms with Crippen molar-refractivity contribution in [3.63, 3.8) is 0 Å². The second-order valence-electron chi connectivity index (χ2n) is 6.20. The van der Waals surface area contributed by atoms with Crippen molar-refractivity contribution in [2.75, 3.05) is 11.2 Å². The molecule has 0 aliphatic rings. The Balaban J connectivity index is 1.74. The topological polar surface area (TPSA) is 104 Å². The summed E-state index contributed by atoms with van der Waals surface area (Å²) < 4.78 is 2.95. The zero-order valence-electron chi connectivity index (χ0n) is 15.4. The van der Waals surface area contributed by atoms with E-state index in [0.717, 1.165) is 17.0 Å². The number of carbonyl (C=O) groups excluding carboxylic acids is 1. The van der Waals surface area contributed by atoms with E-state index in [1.54, 1.807) is 23.7 Å². The lowest BCUT2D eigenvalue weighted by atomic mass is 10.2. The molecule has 2 aromatic heterocycles. The smallest absolute Gasteiger partial charge is 0.271 e. The number of carbonyl (C=O) groups is 1. The summed E-state index contributed by atoms with van der Waals surface area (Å²) >= 11 is 7.22. The van der Waals surface area contributed by atoms with E-state index >= 15 is 0 Å². The van der Waals surface area contributed by atoms with Crippen molar-refractivity contribution in [3.05, 3.63) is 46.2 Å². The number of anilines is 1. The van der Waals surface area contributed by atoms with Crippen LogP contribution in [0.1, 0.15) is 23.9 Å². The van der Waals surface area contributed by atoms with Crippen molar-refractivity contribution in [3.8, 4) is 5.95 Å². The molecule has 0 radical (unpaired) electrons. The van der Waals surface area contributed by atoms with Crippen LogP contribution in [0.4, 0.5) is 5.69 Å². The molecule has 1 amide bonds. The highest BCUT2D eigenvalue weighted by Crippen LogP contribution is 2.25. The van der Waals surface area contributed by atoms with Crippen LogP contribution in [0.25, 0.3) is 5.95 Å². The minimum absolute atomic E-state index is 0.180. The van der Waals surface area contributed by atoms with Crippen LogP contribution in [0.15, 0.2) is 29.4 Å². The third kappa shape index (κ3) is 4.09. The Bertz CT molecular complexity index is 997. The fraction of sp³-hybridized carbons (Fsp3) is 0.294. The van der Waals surface area contributed by atoms with Gasteiger partial charge >= 0.3 is 0 Å². The molecule has 3 rings (SSSR count). The molecule has 0 aliphatic heterocycles. The number of hydrogen-bond acceptors (Lipinski definition) is 6. The average Bonchev–Trinajstić information content (AvgIpc) is 3.12. The molecule has 1 atom stereocenters. The predicted octanol–water partition coefficient (Wildman–Crippen LogP) is 2.88. The Kier molecular flexibility index (Phi) is 5.43. The lowest BCUT2D eigenvalue weighted by molar-refractivity contribution is -0.115. The number of halogens is 1. The van der Waals surface area contributed by atoms with Gasteiger partial charge in [0.1, 0.15) is 0 Å². The summed E-state index contributed by atoms with van der Waals surface area (Å²) in [4.78, 5) is 12.5. The van der Waals surface area contributed by atoms with Crippen molar-refractivity contribution >= 4 is 35.0 Å². The number of nitrogen functional groups attached to an aromatic ring is 1. The first-order chi connectivity index (χ1) is 12.8. The molecule has 8 nitrogen and oxygen atoms in total. The van der Waals surface area contributed by atoms with E-state index in [4.69, 9.17) is 17.4 Å². The Morgan fingerprint density at radius 3 is 2.67 bits per heavy atom. The predicted molar refractivity (Wildman–Crippen MR) is 107 cm³/mol. The van der Waals surface area contributed by atoms with Crippen LogP contribution < -0.4 is 11.2 Å². The normalized spacial score (nSPS) is 12.2. The molecule has 3 N–H and O–H groups in total. The molecule has 0 fully saturated rings. The Hall–Kier alpha value is -2.52. The van der Waals surface area contributed by atoms with Gasteiger partial charge in [-0.1, -0.05) is 29.4 Å². The Labute approximate surface area is 166 Å². The van der Waals surface area contributed by atoms with Crippen molar-refractivity contribution in [2.24, 2.45) is 0 Å². The first-order valence-electron chi connectivity index (χ1n) is 8.24. The number of nitrogens with two attached hydrogens (primary N) is 1. The summed E-state index contributed by atoms with van der Waals surface area (Å²) in [5, 5.41) is 16.0. The van der Waals surface area contributed by atoms with Crippen LogP contribution in [0.2, 0.25) is 5.02 Å². The molecule has 0 unspecified atom stereocenters. The van der Waals surface area contributed by atoms with Crippen LogP contribution in [-0.4, -0.2) is 35.8 Å². The van der Waals surface area contributed by atoms with E-state index in [-0.39, 0.29) is 5.91 Å². The number of thioether (sulfide) groups is 1. The molecule has 3 aromatic rings. The number of hydrogen-bond donors (Lipinski definition) is 2. The third-order valence-electron chi connectivity index (χ3n) is 3.95. The van der Waals surface area contributed by atoms with Gasteiger partial charge in [-0.15, -0.1) is 10.2 Å². The molecule has 0 saturated heterocycles. The molecule has 142 valence electrons. The van der Waals surface area contributed by atoms with Crippen molar-refractivity contribution < 1.29 is 4.79 Å². The van der Waals surface area contributed by atoms with Gasteiger partial charge in [0.15, 0.2) is 0 Å². The summed E-state index contributed by atoms with van der Waals surface area (Å²) in [6.07, 6.45) is 0. The van der Waals surface area contributed by atoms with Gasteiger partial charge in [0.2, 0.25) is 11.1 Å². The summed E-state index contributed by atoms with van der Waals surface area (Å²) in [7, 11) is 0. The highest BCUT2D eigenvalue weighted by molar-refractivity contribution is 8.00. The second-order valence-corrected chi connectivity index (χ2v) is 7.94. The lowest BCUT2D eigenvalue weighted by Crippen LogP contribution is -2.24. The molecule has 1 aromatic carbocycles. The standard InChI is InChI=1S/C17H20ClN7OS/c1-9-5-6-13(18)8-14(9)20-15(26)12(4)27-17-22-21-16(24(17)19)25-11(3)7-10(2)23-25/h5-8,12H,19H2,1-4H3,(H,20,26)/t12-/m1/s1. The second kappa shape index (κ2) is 7.61. The third-order valence-corrected chi connectivity index (χ3v) is 5.25. The molecule has 0 saturated carbocycles. The number of nitrogens with one attached hydrogen (secondary N) is 1. The number of rotatable bonds is 5. The SMILES string of the molecule is Cc1cc(C)n(-c2nnc(S[C@H](C)C(=O)Nc3cc(Cl)ccc3C)n2N)n1. The molecule has 27 heavy (non-hydrogen) atoms. The highest BCUT2D eigenvalue weighted by atomic mass is 35.5. The quantitative estimate of drug-likeness (QED) is 0.499. The van der Waals surface area contributed by atoms with Gasteiger partial charge < -0.3 is 11.2 Å². The molecular formula is C17H20ClN7OS. The molecule has 0 aliphatic carbocycles. The Morgan fingerprint density at radius 2 is 2.00 bits per heavy atom. The zero-order chi connectivity index (χ0) is 19.7. The summed E-state index contributed by atoms with van der Waals surface area (Å²) in [5.41, 5.74) is 3.36. The van der Waals surface area contributed by atoms with Crippen molar-refractivity contribution in [2.45, 2.75) is 38.1 Å². The van der Waals surface area contributed by atoms with Crippen LogP contribution in [0.5, 0.6) is 0 Å². The van der Waals surface area contributed by atoms with Gasteiger partial charge in [-0.25, -0.2) is 9.36 Å². The monoisotopic (exact) mass is 405 g/mol. The lowest BCUT2D eigenvalue weighted by Gasteiger charge is -2.13.